The molecule has 1 N–H and O–H groups in total. The molecule has 1 aromatic rings. The van der Waals surface area contributed by atoms with Gasteiger partial charge < -0.3 is 10.1 Å². The lowest BCUT2D eigenvalue weighted by Gasteiger charge is -2.12. The van der Waals surface area contributed by atoms with E-state index in [1.807, 2.05) is 0 Å². The lowest BCUT2D eigenvalue weighted by Crippen LogP contribution is -2.33. The highest BCUT2D eigenvalue weighted by Gasteiger charge is 2.27. The number of carbonyl (C=O) groups is 1. The van der Waals surface area contributed by atoms with Gasteiger partial charge in [0.15, 0.2) is 9.84 Å². The molecule has 0 heterocycles. The third-order valence-corrected chi connectivity index (χ3v) is 4.71. The number of ether oxygens (including phenoxy) is 1. The van der Waals surface area contributed by atoms with Crippen LogP contribution in [0.3, 0.4) is 0 Å². The van der Waals surface area contributed by atoms with Crippen LogP contribution in [0.15, 0.2) is 18.2 Å². The van der Waals surface area contributed by atoms with E-state index in [1.165, 1.54) is 32.2 Å². The van der Waals surface area contributed by atoms with Crippen molar-refractivity contribution >= 4 is 33.0 Å². The summed E-state index contributed by atoms with van der Waals surface area (Å²) in [6.45, 7) is 1.23. The van der Waals surface area contributed by atoms with Crippen LogP contribution in [0.1, 0.15) is 6.92 Å². The van der Waals surface area contributed by atoms with Crippen LogP contribution in [0.5, 0.6) is 5.75 Å². The zero-order chi connectivity index (χ0) is 15.3. The first-order valence-electron chi connectivity index (χ1n) is 5.54. The van der Waals surface area contributed by atoms with Gasteiger partial charge in [-0.3, -0.25) is 4.79 Å². The number of amides is 1. The second kappa shape index (κ2) is 6.59. The van der Waals surface area contributed by atoms with Gasteiger partial charge >= 0.3 is 0 Å². The second-order valence-corrected chi connectivity index (χ2v) is 6.67. The molecule has 0 aliphatic heterocycles. The number of methoxy groups -OCH3 is 1. The fourth-order valence-electron chi connectivity index (χ4n) is 1.37. The molecular weight excluding hydrogens is 304 g/mol. The van der Waals surface area contributed by atoms with Gasteiger partial charge in [0.25, 0.3) is 0 Å². The molecule has 1 aromatic carbocycles. The van der Waals surface area contributed by atoms with Gasteiger partial charge in [-0.1, -0.05) is 11.6 Å². The van der Waals surface area contributed by atoms with Gasteiger partial charge in [-0.15, -0.1) is 0 Å². The number of anilines is 1. The molecule has 0 bridgehead atoms. The van der Waals surface area contributed by atoms with Crippen molar-refractivity contribution < 1.29 is 17.9 Å². The molecule has 1 atom stereocenters. The Morgan fingerprint density at radius 3 is 2.70 bits per heavy atom. The first-order valence-corrected chi connectivity index (χ1v) is 7.64. The largest absolute Gasteiger partial charge is 0.495 e. The Morgan fingerprint density at radius 1 is 1.55 bits per heavy atom. The van der Waals surface area contributed by atoms with Crippen molar-refractivity contribution in [3.05, 3.63) is 23.2 Å². The number of carbonyl (C=O) groups excluding carboxylic acids is 1. The minimum atomic E-state index is -3.78. The Hall–Kier alpha value is -1.78. The average Bonchev–Trinajstić information content (AvgIpc) is 2.38. The second-order valence-electron chi connectivity index (χ2n) is 3.95. The molecule has 1 amide bonds. The molecule has 0 saturated heterocycles. The molecule has 0 spiro atoms. The van der Waals surface area contributed by atoms with Crippen LogP contribution in [-0.2, 0) is 14.6 Å². The van der Waals surface area contributed by atoms with E-state index in [-0.39, 0.29) is 5.02 Å². The predicted molar refractivity (Wildman–Crippen MR) is 75.5 cm³/mol. The molecule has 0 radical (unpaired) electrons. The van der Waals surface area contributed by atoms with Gasteiger partial charge in [-0.05, 0) is 25.1 Å². The average molecular weight is 317 g/mol. The fourth-order valence-corrected chi connectivity index (χ4v) is 2.44. The molecule has 1 rings (SSSR count). The number of sulfone groups is 1. The molecule has 1 unspecified atom stereocenters. The van der Waals surface area contributed by atoms with Crippen molar-refractivity contribution in [2.45, 2.75) is 12.2 Å². The van der Waals surface area contributed by atoms with Crippen molar-refractivity contribution in [2.75, 3.05) is 18.2 Å². The van der Waals surface area contributed by atoms with Crippen LogP contribution >= 0.6 is 11.6 Å². The van der Waals surface area contributed by atoms with Gasteiger partial charge in [0.2, 0.25) is 5.91 Å². The standard InChI is InChI=1S/C12H13ClN2O4S/c1-8(20(17,18)6-5-14)12(16)15-9-3-4-11(19-2)10(13)7-9/h3-4,7-8H,6H2,1-2H3,(H,15,16). The molecule has 6 nitrogen and oxygen atoms in total. The minimum absolute atomic E-state index is 0.290. The van der Waals surface area contributed by atoms with E-state index in [2.05, 4.69) is 5.32 Å². The Bertz CT molecular complexity index is 652. The highest BCUT2D eigenvalue weighted by atomic mass is 35.5. The zero-order valence-corrected chi connectivity index (χ0v) is 12.5. The summed E-state index contributed by atoms with van der Waals surface area (Å²) in [7, 11) is -2.33. The fraction of sp³-hybridized carbons (Fsp3) is 0.333. The van der Waals surface area contributed by atoms with Crippen LogP contribution in [-0.4, -0.2) is 32.4 Å². The summed E-state index contributed by atoms with van der Waals surface area (Å²) in [4.78, 5) is 11.8. The maximum atomic E-state index is 11.8. The molecule has 108 valence electrons. The summed E-state index contributed by atoms with van der Waals surface area (Å²) in [6.07, 6.45) is 0. The number of hydrogen-bond donors (Lipinski definition) is 1. The van der Waals surface area contributed by atoms with Crippen molar-refractivity contribution in [1.82, 2.24) is 0 Å². The van der Waals surface area contributed by atoms with E-state index in [0.717, 1.165) is 0 Å². The zero-order valence-electron chi connectivity index (χ0n) is 10.9. The van der Waals surface area contributed by atoms with Crippen molar-refractivity contribution in [3.63, 3.8) is 0 Å². The normalized spacial score (nSPS) is 12.3. The molecular formula is C12H13ClN2O4S. The van der Waals surface area contributed by atoms with Crippen LogP contribution in [0.2, 0.25) is 5.02 Å². The summed E-state index contributed by atoms with van der Waals surface area (Å²) in [5.41, 5.74) is 0.347. The number of nitrogens with one attached hydrogen (secondary N) is 1. The highest BCUT2D eigenvalue weighted by molar-refractivity contribution is 7.92. The van der Waals surface area contributed by atoms with E-state index < -0.39 is 26.7 Å². The van der Waals surface area contributed by atoms with Crippen LogP contribution in [0.25, 0.3) is 0 Å². The summed E-state index contributed by atoms with van der Waals surface area (Å²) >= 11 is 5.89. The SMILES string of the molecule is COc1ccc(NC(=O)C(C)S(=O)(=O)CC#N)cc1Cl. The Labute approximate surface area is 122 Å². The summed E-state index contributed by atoms with van der Waals surface area (Å²) in [5.74, 6) is -0.985. The molecule has 0 fully saturated rings. The van der Waals surface area contributed by atoms with Gasteiger partial charge in [0, 0.05) is 5.69 Å². The number of nitriles is 1. The third kappa shape index (κ3) is 3.85. The maximum Gasteiger partial charge on any atom is 0.242 e. The summed E-state index contributed by atoms with van der Waals surface area (Å²) < 4.78 is 28.2. The lowest BCUT2D eigenvalue weighted by atomic mass is 10.3. The van der Waals surface area contributed by atoms with Crippen molar-refractivity contribution in [3.8, 4) is 11.8 Å². The van der Waals surface area contributed by atoms with Crippen LogP contribution < -0.4 is 10.1 Å². The Morgan fingerprint density at radius 2 is 2.20 bits per heavy atom. The minimum Gasteiger partial charge on any atom is -0.495 e. The predicted octanol–water partition coefficient (Wildman–Crippen LogP) is 1.61. The number of nitrogens with zero attached hydrogens (tertiary/aromatic N) is 1. The maximum absolute atomic E-state index is 11.8. The van der Waals surface area contributed by atoms with Gasteiger partial charge in [-0.25, -0.2) is 8.42 Å². The number of halogens is 1. The number of benzene rings is 1. The summed E-state index contributed by atoms with van der Waals surface area (Å²) in [5, 5.41) is 9.83. The highest BCUT2D eigenvalue weighted by Crippen LogP contribution is 2.27. The van der Waals surface area contributed by atoms with Gasteiger partial charge in [0.1, 0.15) is 16.8 Å². The van der Waals surface area contributed by atoms with E-state index in [1.54, 1.807) is 6.07 Å². The lowest BCUT2D eigenvalue weighted by molar-refractivity contribution is -0.115. The first kappa shape index (κ1) is 16.3. The number of hydrogen-bond acceptors (Lipinski definition) is 5. The van der Waals surface area contributed by atoms with Crippen LogP contribution in [0, 0.1) is 11.3 Å². The van der Waals surface area contributed by atoms with Crippen LogP contribution in [0.4, 0.5) is 5.69 Å². The van der Waals surface area contributed by atoms with E-state index in [4.69, 9.17) is 21.6 Å². The van der Waals surface area contributed by atoms with E-state index >= 15 is 0 Å². The Balaban J connectivity index is 2.86. The van der Waals surface area contributed by atoms with Gasteiger partial charge in [-0.2, -0.15) is 5.26 Å². The Kier molecular flexibility index (Phi) is 5.36. The monoisotopic (exact) mass is 316 g/mol. The molecule has 8 heteroatoms. The third-order valence-electron chi connectivity index (χ3n) is 2.59. The molecule has 0 saturated carbocycles. The molecule has 0 aromatic heterocycles. The van der Waals surface area contributed by atoms with Gasteiger partial charge in [0.05, 0.1) is 18.2 Å². The van der Waals surface area contributed by atoms with Crippen molar-refractivity contribution in [1.29, 1.82) is 5.26 Å². The molecule has 0 aliphatic rings. The molecule has 20 heavy (non-hydrogen) atoms. The molecule has 0 aliphatic carbocycles. The van der Waals surface area contributed by atoms with Crippen molar-refractivity contribution in [2.24, 2.45) is 0 Å². The quantitative estimate of drug-likeness (QED) is 0.890. The smallest absolute Gasteiger partial charge is 0.242 e. The topological polar surface area (TPSA) is 96.3 Å². The summed E-state index contributed by atoms with van der Waals surface area (Å²) in [6, 6.07) is 6.05. The number of rotatable bonds is 5. The van der Waals surface area contributed by atoms with E-state index in [9.17, 15) is 13.2 Å². The van der Waals surface area contributed by atoms with E-state index in [0.29, 0.717) is 11.4 Å². The first-order chi connectivity index (χ1) is 9.31.